The number of nitrogens with zero attached hydrogens (tertiary/aromatic N) is 5. The molecule has 0 unspecified atom stereocenters. The van der Waals surface area contributed by atoms with Crippen molar-refractivity contribution in [3.8, 4) is 11.6 Å². The first-order valence-corrected chi connectivity index (χ1v) is 8.20. The van der Waals surface area contributed by atoms with Crippen LogP contribution in [0, 0.1) is 6.33 Å². The third kappa shape index (κ3) is 4.13. The molecule has 0 spiro atoms. The zero-order valence-corrected chi connectivity index (χ0v) is 15.6. The summed E-state index contributed by atoms with van der Waals surface area (Å²) in [5.41, 5.74) is 0. The van der Waals surface area contributed by atoms with Gasteiger partial charge in [-0.15, -0.1) is 0 Å². The molecule has 0 amide bonds. The number of pyridine rings is 1. The minimum atomic E-state index is 0. The zero-order chi connectivity index (χ0) is 13.7. The Labute approximate surface area is 149 Å². The molecule has 20 heavy (non-hydrogen) atoms. The first kappa shape index (κ1) is 17.3. The van der Waals surface area contributed by atoms with E-state index in [1.165, 1.54) is 0 Å². The van der Waals surface area contributed by atoms with Gasteiger partial charge in [-0.1, -0.05) is 6.07 Å². The first-order valence-electron chi connectivity index (χ1n) is 5.39. The molecule has 0 radical (unpaired) electrons. The molecule has 0 aliphatic carbocycles. The summed E-state index contributed by atoms with van der Waals surface area (Å²) in [6, 6.07) is 7.67. The molecule has 8 heteroatoms. The van der Waals surface area contributed by atoms with Crippen LogP contribution in [0.25, 0.3) is 11.6 Å². The summed E-state index contributed by atoms with van der Waals surface area (Å²) in [5, 5.41) is 4.16. The van der Waals surface area contributed by atoms with E-state index < -0.39 is 0 Å². The summed E-state index contributed by atoms with van der Waals surface area (Å²) in [6.07, 6.45) is 10.5. The van der Waals surface area contributed by atoms with Gasteiger partial charge in [-0.25, -0.2) is 9.67 Å². The first-order chi connectivity index (χ1) is 9.33. The maximum Gasteiger partial charge on any atom is -1.00 e. The smallest absolute Gasteiger partial charge is 1.00 e. The number of rotatable bonds is 2. The molecule has 3 aromatic heterocycles. The van der Waals surface area contributed by atoms with Crippen LogP contribution in [0.5, 0.6) is 0 Å². The van der Waals surface area contributed by atoms with Crippen molar-refractivity contribution in [3.05, 3.63) is 55.4 Å². The van der Waals surface area contributed by atoms with Gasteiger partial charge in [-0.05, 0) is 18.2 Å². The maximum atomic E-state index is 4.61. The number of halogens is 2. The molecule has 0 atom stereocenters. The topological polar surface area (TPSA) is 39.5 Å². The van der Waals surface area contributed by atoms with Gasteiger partial charge in [0.25, 0.3) is 0 Å². The molecule has 3 aromatic rings. The van der Waals surface area contributed by atoms with Gasteiger partial charge in [0.1, 0.15) is 11.6 Å². The number of aromatic nitrogens is 5. The van der Waals surface area contributed by atoms with Crippen molar-refractivity contribution in [2.24, 2.45) is 7.05 Å². The van der Waals surface area contributed by atoms with Crippen LogP contribution in [0.15, 0.2) is 49.1 Å². The number of hydrogen-bond acceptors (Lipinski definition) is 2. The van der Waals surface area contributed by atoms with E-state index in [9.17, 15) is 0 Å². The fraction of sp³-hybridized carbons (Fsp3) is 0.0833. The molecule has 0 saturated carbocycles. The molecule has 0 aromatic carbocycles. The van der Waals surface area contributed by atoms with E-state index in [4.69, 9.17) is 0 Å². The Morgan fingerprint density at radius 1 is 1.20 bits per heavy atom. The van der Waals surface area contributed by atoms with E-state index in [0.717, 1.165) is 11.6 Å². The molecule has 0 aliphatic rings. The van der Waals surface area contributed by atoms with Crippen molar-refractivity contribution >= 4 is 9.42 Å². The number of aryl methyl sites for hydroxylation is 1. The molecule has 108 valence electrons. The molecule has 0 N–H and O–H groups in total. The van der Waals surface area contributed by atoms with Gasteiger partial charge in [-0.2, -0.15) is 5.10 Å². The van der Waals surface area contributed by atoms with E-state index in [1.54, 1.807) is 29.7 Å². The summed E-state index contributed by atoms with van der Waals surface area (Å²) >= 11 is 1.61. The summed E-state index contributed by atoms with van der Waals surface area (Å²) < 4.78 is 5.42. The van der Waals surface area contributed by atoms with Crippen molar-refractivity contribution in [1.29, 1.82) is 0 Å². The number of imidazole rings is 1. The zero-order valence-electron chi connectivity index (χ0n) is 10.4. The Bertz CT molecular complexity index is 641. The third-order valence-corrected chi connectivity index (χ3v) is 2.41. The molecule has 5 nitrogen and oxygen atoms in total. The second-order valence-corrected chi connectivity index (χ2v) is 3.68. The molecule has 0 bridgehead atoms. The van der Waals surface area contributed by atoms with Crippen LogP contribution in [-0.2, 0) is 25.8 Å². The van der Waals surface area contributed by atoms with Crippen LogP contribution in [0.2, 0.25) is 0 Å². The second kappa shape index (κ2) is 8.54. The predicted octanol–water partition coefficient (Wildman–Crippen LogP) is -1.63. The third-order valence-electron chi connectivity index (χ3n) is 2.41. The van der Waals surface area contributed by atoms with Crippen LogP contribution in [0.4, 0.5) is 0 Å². The Morgan fingerprint density at radius 3 is 2.55 bits per heavy atom. The van der Waals surface area contributed by atoms with Crippen molar-refractivity contribution in [2.45, 2.75) is 0 Å². The average molecular weight is 583 g/mol. The minimum absolute atomic E-state index is 0. The van der Waals surface area contributed by atoms with Gasteiger partial charge >= 0.3 is 28.2 Å². The van der Waals surface area contributed by atoms with E-state index >= 15 is 0 Å². The standard InChI is InChI=1S/C12H11N5.ClH.HI.Pt/c1-15-8-9-16(10-15)11-4-2-5-12(14-11)17-7-3-6-13-17;;;/h2-9H,1H3;2*1H;/q;;;+2/p-2. The second-order valence-electron chi connectivity index (χ2n) is 3.68. The normalized spacial score (nSPS) is 9.40. The van der Waals surface area contributed by atoms with Gasteiger partial charge in [0, 0.05) is 24.8 Å². The summed E-state index contributed by atoms with van der Waals surface area (Å²) in [7, 11) is 6.54. The average Bonchev–Trinajstić information content (AvgIpc) is 3.12. The molecule has 0 fully saturated rings. The van der Waals surface area contributed by atoms with E-state index in [1.807, 2.05) is 59.0 Å². The van der Waals surface area contributed by atoms with Gasteiger partial charge in [-0.3, -0.25) is 0 Å². The SMILES string of the molecule is C[n+]1[c-]n(-c2cccc(-n3cccn3)n2)cc1.[Cl][Pt+].[I-]. The maximum absolute atomic E-state index is 4.61. The van der Waals surface area contributed by atoms with E-state index in [2.05, 4.69) is 25.8 Å². The van der Waals surface area contributed by atoms with Crippen molar-refractivity contribution in [3.63, 3.8) is 0 Å². The Hall–Kier alpha value is -0.722. The quantitative estimate of drug-likeness (QED) is 0.207. The molecule has 0 aliphatic heterocycles. The minimum Gasteiger partial charge on any atom is -1.00 e. The molecule has 3 rings (SSSR count). The van der Waals surface area contributed by atoms with Gasteiger partial charge in [0.05, 0.1) is 7.05 Å². The number of hydrogen-bond donors (Lipinski definition) is 0. The monoisotopic (exact) mass is 582 g/mol. The molecule has 0 saturated heterocycles. The van der Waals surface area contributed by atoms with Gasteiger partial charge < -0.3 is 33.1 Å². The van der Waals surface area contributed by atoms with Crippen LogP contribution >= 0.6 is 9.42 Å². The van der Waals surface area contributed by atoms with Crippen molar-refractivity contribution in [2.75, 3.05) is 0 Å². The van der Waals surface area contributed by atoms with Crippen LogP contribution in [-0.4, -0.2) is 19.3 Å². The van der Waals surface area contributed by atoms with Gasteiger partial charge in [0.2, 0.25) is 6.33 Å². The fourth-order valence-corrected chi connectivity index (χ4v) is 1.61. The largest absolute Gasteiger partial charge is 1.00 e. The Morgan fingerprint density at radius 2 is 1.95 bits per heavy atom. The molecule has 3 heterocycles. The van der Waals surface area contributed by atoms with Crippen molar-refractivity contribution < 1.29 is 47.3 Å². The molecular formula is C12H11ClIN5Pt. The van der Waals surface area contributed by atoms with Crippen molar-refractivity contribution in [1.82, 2.24) is 19.3 Å². The fourth-order valence-electron chi connectivity index (χ4n) is 1.61. The van der Waals surface area contributed by atoms with Gasteiger partial charge in [0.15, 0.2) is 0 Å². The Balaban J connectivity index is 0.000000639. The summed E-state index contributed by atoms with van der Waals surface area (Å²) in [4.78, 5) is 4.52. The van der Waals surface area contributed by atoms with Crippen LogP contribution in [0.1, 0.15) is 0 Å². The van der Waals surface area contributed by atoms with E-state index in [-0.39, 0.29) is 24.0 Å². The summed E-state index contributed by atoms with van der Waals surface area (Å²) in [6.45, 7) is 0. The van der Waals surface area contributed by atoms with Crippen LogP contribution in [0.3, 0.4) is 0 Å². The Kier molecular flexibility index (Phi) is 7.40. The summed E-state index contributed by atoms with van der Waals surface area (Å²) in [5.74, 6) is 1.61. The van der Waals surface area contributed by atoms with E-state index in [0.29, 0.717) is 0 Å². The predicted molar refractivity (Wildman–Crippen MR) is 66.6 cm³/mol. The molecular weight excluding hydrogens is 572 g/mol. The van der Waals surface area contributed by atoms with Crippen LogP contribution < -0.4 is 28.5 Å².